The summed E-state index contributed by atoms with van der Waals surface area (Å²) in [6, 6.07) is 2.03. The highest BCUT2D eigenvalue weighted by Gasteiger charge is 2.36. The number of likely N-dealkylation sites (tertiary alicyclic amines) is 1. The molecule has 414 valence electrons. The van der Waals surface area contributed by atoms with E-state index in [-0.39, 0.29) is 59.9 Å². The highest BCUT2D eigenvalue weighted by atomic mass is 16.3. The van der Waals surface area contributed by atoms with Crippen LogP contribution in [0.15, 0.2) is 36.4 Å². The number of hydrogen-bond acceptors (Lipinski definition) is 13. The first kappa shape index (κ1) is 60.7. The maximum atomic E-state index is 14.2. The number of nitrogens with zero attached hydrogens (tertiary/aromatic N) is 3. The molecule has 0 saturated carbocycles. The lowest BCUT2D eigenvalue weighted by molar-refractivity contribution is -0.141. The van der Waals surface area contributed by atoms with E-state index in [2.05, 4.69) is 33.5 Å². The topological polar surface area (TPSA) is 336 Å². The van der Waals surface area contributed by atoms with Crippen LogP contribution < -0.4 is 38.1 Å². The number of carbonyl (C=O) groups is 9. The third-order valence-electron chi connectivity index (χ3n) is 13.9. The molecule has 1 unspecified atom stereocenters. The minimum Gasteiger partial charge on any atom is -0.507 e. The molecule has 4 rings (SSSR count). The molecule has 22 nitrogen and oxygen atoms in total. The van der Waals surface area contributed by atoms with Crippen molar-refractivity contribution in [1.29, 1.82) is 0 Å². The van der Waals surface area contributed by atoms with Gasteiger partial charge in [0, 0.05) is 51.2 Å². The molecule has 0 spiro atoms. The van der Waals surface area contributed by atoms with Gasteiger partial charge in [0.2, 0.25) is 47.3 Å². The van der Waals surface area contributed by atoms with Gasteiger partial charge in [0.1, 0.15) is 41.7 Å². The molecule has 75 heavy (non-hydrogen) atoms. The lowest BCUT2D eigenvalue weighted by Crippen LogP contribution is -2.58. The molecule has 1 fully saturated rings. The largest absolute Gasteiger partial charge is 0.507 e. The van der Waals surface area contributed by atoms with Gasteiger partial charge >= 0.3 is 0 Å². The number of phenolic OH excluding ortho intramolecular Hbond substituents is 2. The minimum absolute atomic E-state index is 0.0299. The third kappa shape index (κ3) is 18.2. The zero-order chi connectivity index (χ0) is 55.2. The fraction of sp³-hybridized carbons (Fsp3) is 0.604. The summed E-state index contributed by atoms with van der Waals surface area (Å²) in [6.45, 7) is 2.12. The standard InChI is InChI=1S/C53H80N10O12/c1-5-6-7-8-9-10-11-12-13-14-15-16-17-20-43(67)61(3)40(25-27-64)51(73)60-47(54)53(75)57-31-44(68)62(4)46-35-22-24-42(66)37(30-35)36-28-34(21-23-41(36)65)29-38(59-49(71)33(2)58-52(46)74)50(72)56-32-45(69)63-26-18-19-39(63)48(55)70/h21-24,28,30,33,38-40,46-47,64-66H,5-20,25-27,29,31-32,54H2,1-4H3,(H2,55,70)(H,56,72)(H,57,75)(H,58,74)(H,59,71)(H,60,73)/t33-,38-,39?,40+,46-,47-/m0/s1. The Bertz CT molecular complexity index is 2310. The number of fused-ring (bicyclic) bond motifs is 5. The molecule has 0 aromatic heterocycles. The van der Waals surface area contributed by atoms with Gasteiger partial charge in [-0.1, -0.05) is 96.1 Å². The van der Waals surface area contributed by atoms with E-state index < -0.39 is 103 Å². The number of nitrogens with one attached hydrogen (secondary N) is 5. The number of primary amides is 1. The second-order valence-corrected chi connectivity index (χ2v) is 19.6. The Morgan fingerprint density at radius 2 is 1.37 bits per heavy atom. The van der Waals surface area contributed by atoms with Crippen molar-refractivity contribution < 1.29 is 58.5 Å². The second-order valence-electron chi connectivity index (χ2n) is 19.6. The molecule has 0 aliphatic carbocycles. The van der Waals surface area contributed by atoms with Crippen LogP contribution in [-0.2, 0) is 49.6 Å². The minimum atomic E-state index is -1.70. The van der Waals surface area contributed by atoms with E-state index in [1.54, 1.807) is 0 Å². The molecule has 9 amide bonds. The van der Waals surface area contributed by atoms with Crippen molar-refractivity contribution in [2.45, 2.75) is 166 Å². The SMILES string of the molecule is CCCCCCCCCCCCCCCC(=O)N(C)[C@H](CCO)C(=O)N[C@H](N)C(=O)NCC(=O)N(C)[C@@H]1C(=O)N[C@@H](C)C(=O)N[C@H](C(=O)NCC(=O)N2CCCC2C(N)=O)Cc2ccc(O)c(c2)-c2cc1ccc2O. The molecule has 4 bridgehead atoms. The summed E-state index contributed by atoms with van der Waals surface area (Å²) in [4.78, 5) is 124. The summed E-state index contributed by atoms with van der Waals surface area (Å²) in [5, 5.41) is 44.2. The van der Waals surface area contributed by atoms with E-state index in [0.29, 0.717) is 24.8 Å². The average Bonchev–Trinajstić information content (AvgIpc) is 3.89. The molecule has 2 heterocycles. The van der Waals surface area contributed by atoms with Gasteiger partial charge < -0.3 is 68.1 Å². The molecule has 12 N–H and O–H groups in total. The van der Waals surface area contributed by atoms with E-state index in [4.69, 9.17) is 11.5 Å². The van der Waals surface area contributed by atoms with Crippen LogP contribution in [0.2, 0.25) is 0 Å². The summed E-state index contributed by atoms with van der Waals surface area (Å²) in [7, 11) is 2.69. The van der Waals surface area contributed by atoms with Crippen LogP contribution in [-0.4, -0.2) is 154 Å². The van der Waals surface area contributed by atoms with Gasteiger partial charge in [-0.2, -0.15) is 0 Å². The smallest absolute Gasteiger partial charge is 0.257 e. The number of aliphatic hydroxyl groups is 1. The predicted molar refractivity (Wildman–Crippen MR) is 279 cm³/mol. The fourth-order valence-electron chi connectivity index (χ4n) is 9.39. The fourth-order valence-corrected chi connectivity index (χ4v) is 9.39. The molecule has 2 aromatic rings. The maximum Gasteiger partial charge on any atom is 0.257 e. The van der Waals surface area contributed by atoms with Crippen LogP contribution >= 0.6 is 0 Å². The lowest BCUT2D eigenvalue weighted by atomic mass is 9.93. The number of phenols is 2. The van der Waals surface area contributed by atoms with Crippen molar-refractivity contribution in [3.8, 4) is 22.6 Å². The van der Waals surface area contributed by atoms with Gasteiger partial charge in [-0.15, -0.1) is 0 Å². The number of nitrogens with two attached hydrogens (primary N) is 2. The molecule has 2 aliphatic rings. The van der Waals surface area contributed by atoms with Crippen molar-refractivity contribution in [3.05, 3.63) is 47.5 Å². The number of amides is 9. The van der Waals surface area contributed by atoms with E-state index in [9.17, 15) is 58.5 Å². The summed E-state index contributed by atoms with van der Waals surface area (Å²) < 4.78 is 0. The number of aliphatic hydroxyl groups excluding tert-OH is 1. The van der Waals surface area contributed by atoms with Crippen molar-refractivity contribution in [2.24, 2.45) is 11.5 Å². The van der Waals surface area contributed by atoms with E-state index >= 15 is 0 Å². The third-order valence-corrected chi connectivity index (χ3v) is 13.9. The second kappa shape index (κ2) is 30.5. The Morgan fingerprint density at radius 1 is 0.773 bits per heavy atom. The molecule has 0 radical (unpaired) electrons. The van der Waals surface area contributed by atoms with Crippen LogP contribution in [0, 0.1) is 0 Å². The summed E-state index contributed by atoms with van der Waals surface area (Å²) in [5.74, 6) is -7.34. The first-order valence-corrected chi connectivity index (χ1v) is 26.4. The normalized spacial score (nSPS) is 18.3. The van der Waals surface area contributed by atoms with Crippen LogP contribution in [0.3, 0.4) is 0 Å². The zero-order valence-corrected chi connectivity index (χ0v) is 44.0. The van der Waals surface area contributed by atoms with Crippen molar-refractivity contribution in [1.82, 2.24) is 41.3 Å². The first-order valence-electron chi connectivity index (χ1n) is 26.4. The molecule has 2 aliphatic heterocycles. The molecule has 1 saturated heterocycles. The molecule has 22 heteroatoms. The van der Waals surface area contributed by atoms with Gasteiger partial charge in [0.15, 0.2) is 6.17 Å². The number of hydrogen-bond donors (Lipinski definition) is 10. The number of likely N-dealkylation sites (N-methyl/N-ethyl adjacent to an activating group) is 2. The van der Waals surface area contributed by atoms with Crippen LogP contribution in [0.1, 0.15) is 140 Å². The lowest BCUT2D eigenvalue weighted by Gasteiger charge is -2.30. The Labute approximate surface area is 439 Å². The maximum absolute atomic E-state index is 14.2. The van der Waals surface area contributed by atoms with Crippen molar-refractivity contribution in [2.75, 3.05) is 40.3 Å². The van der Waals surface area contributed by atoms with Crippen LogP contribution in [0.25, 0.3) is 11.1 Å². The Balaban J connectivity index is 1.39. The Hall–Kier alpha value is -6.81. The monoisotopic (exact) mass is 1050 g/mol. The van der Waals surface area contributed by atoms with Crippen LogP contribution in [0.4, 0.5) is 0 Å². The van der Waals surface area contributed by atoms with Gasteiger partial charge in [-0.3, -0.25) is 43.2 Å². The number of rotatable bonds is 27. The predicted octanol–water partition coefficient (Wildman–Crippen LogP) is 1.61. The highest BCUT2D eigenvalue weighted by molar-refractivity contribution is 5.97. The molecular weight excluding hydrogens is 969 g/mol. The number of carbonyl (C=O) groups excluding carboxylic acids is 9. The van der Waals surface area contributed by atoms with Gasteiger partial charge in [-0.25, -0.2) is 0 Å². The van der Waals surface area contributed by atoms with Gasteiger partial charge in [0.25, 0.3) is 5.91 Å². The van der Waals surface area contributed by atoms with E-state index in [1.165, 1.54) is 119 Å². The summed E-state index contributed by atoms with van der Waals surface area (Å²) >= 11 is 0. The Morgan fingerprint density at radius 3 is 1.99 bits per heavy atom. The highest BCUT2D eigenvalue weighted by Crippen LogP contribution is 2.39. The van der Waals surface area contributed by atoms with Crippen molar-refractivity contribution >= 4 is 53.2 Å². The zero-order valence-electron chi connectivity index (χ0n) is 44.0. The van der Waals surface area contributed by atoms with E-state index in [0.717, 1.165) is 30.6 Å². The first-order chi connectivity index (χ1) is 35.8. The van der Waals surface area contributed by atoms with E-state index in [1.807, 2.05) is 0 Å². The Kier molecular flexibility index (Phi) is 24.7. The number of aromatic hydroxyl groups is 2. The van der Waals surface area contributed by atoms with Gasteiger partial charge in [0.05, 0.1) is 13.1 Å². The van der Waals surface area contributed by atoms with Crippen molar-refractivity contribution in [3.63, 3.8) is 0 Å². The number of unbranched alkanes of at least 4 members (excludes halogenated alkanes) is 12. The quantitative estimate of drug-likeness (QED) is 0.0450. The van der Waals surface area contributed by atoms with Crippen LogP contribution in [0.5, 0.6) is 11.5 Å². The average molecular weight is 1050 g/mol. The van der Waals surface area contributed by atoms with Gasteiger partial charge in [-0.05, 0) is 68.0 Å². The summed E-state index contributed by atoms with van der Waals surface area (Å²) in [5.41, 5.74) is 12.1. The molecule has 6 atom stereocenters. The molecule has 2 aromatic carbocycles. The number of benzene rings is 2. The summed E-state index contributed by atoms with van der Waals surface area (Å²) in [6.07, 6.45) is 14.0. The molecular formula is C53H80N10O12.